The summed E-state index contributed by atoms with van der Waals surface area (Å²) in [7, 11) is 0. The van der Waals surface area contributed by atoms with E-state index in [9.17, 15) is 9.59 Å². The van der Waals surface area contributed by atoms with Gasteiger partial charge in [-0.15, -0.1) is 11.3 Å². The maximum atomic E-state index is 13.4. The Labute approximate surface area is 205 Å². The number of hydrogen-bond acceptors (Lipinski definition) is 4. The summed E-state index contributed by atoms with van der Waals surface area (Å²) in [5.74, 6) is -0.498. The molecule has 0 unspecified atom stereocenters. The van der Waals surface area contributed by atoms with Crippen molar-refractivity contribution < 1.29 is 9.59 Å². The minimum atomic E-state index is -0.689. The molecule has 1 aliphatic rings. The Morgan fingerprint density at radius 2 is 1.69 bits per heavy atom. The second kappa shape index (κ2) is 10.0. The number of amides is 2. The molecule has 9 heteroatoms. The van der Waals surface area contributed by atoms with Gasteiger partial charge in [-0.2, -0.15) is 0 Å². The fraction of sp³-hybridized carbons (Fsp3) is 0.174. The van der Waals surface area contributed by atoms with Gasteiger partial charge < -0.3 is 10.2 Å². The highest BCUT2D eigenvalue weighted by Gasteiger charge is 2.43. The zero-order valence-electron chi connectivity index (χ0n) is 16.8. The summed E-state index contributed by atoms with van der Waals surface area (Å²) in [6, 6.07) is 17.1. The lowest BCUT2D eigenvalue weighted by atomic mass is 10.1. The van der Waals surface area contributed by atoms with Crippen LogP contribution in [-0.4, -0.2) is 34.4 Å². The molecule has 2 aromatic carbocycles. The average molecular weight is 504 g/mol. The summed E-state index contributed by atoms with van der Waals surface area (Å²) in [5.41, 5.74) is 1.25. The number of thiocarbonyl (C=S) groups is 1. The van der Waals surface area contributed by atoms with Crippen molar-refractivity contribution in [3.63, 3.8) is 0 Å². The highest BCUT2D eigenvalue weighted by Crippen LogP contribution is 2.29. The van der Waals surface area contributed by atoms with Crippen LogP contribution in [0.3, 0.4) is 0 Å². The van der Waals surface area contributed by atoms with Gasteiger partial charge >= 0.3 is 0 Å². The maximum Gasteiger partial charge on any atom is 0.256 e. The number of carbonyl (C=O) groups excluding carboxylic acids is 2. The van der Waals surface area contributed by atoms with Gasteiger partial charge in [-0.3, -0.25) is 14.5 Å². The average Bonchev–Trinajstić information content (AvgIpc) is 3.36. The van der Waals surface area contributed by atoms with Gasteiger partial charge in [-0.1, -0.05) is 29.3 Å². The molecule has 164 valence electrons. The molecule has 0 spiro atoms. The number of carbonyl (C=O) groups is 2. The highest BCUT2D eigenvalue weighted by molar-refractivity contribution is 7.80. The predicted molar refractivity (Wildman–Crippen MR) is 135 cm³/mol. The van der Waals surface area contributed by atoms with Crippen LogP contribution in [0.25, 0.3) is 0 Å². The lowest BCUT2D eigenvalue weighted by molar-refractivity contribution is -0.124. The van der Waals surface area contributed by atoms with Crippen molar-refractivity contribution >= 4 is 75.1 Å². The Morgan fingerprint density at radius 3 is 2.31 bits per heavy atom. The minimum absolute atomic E-state index is 0.0177. The quantitative estimate of drug-likeness (QED) is 0.424. The van der Waals surface area contributed by atoms with Crippen LogP contribution in [0.4, 0.5) is 11.4 Å². The standard InChI is InChI=1S/C23H19Cl2N3O2S2/c24-15-3-7-17(8-4-15)26-21(29)14-20-22(30)28(18-9-5-16(25)6-10-18)23(31)27(20)12-11-19-2-1-13-32-19/h1-10,13,20H,11-12,14H2,(H,26,29)/t20-/m1/s1. The normalized spacial score (nSPS) is 16.0. The largest absolute Gasteiger partial charge is 0.336 e. The Balaban J connectivity index is 1.54. The van der Waals surface area contributed by atoms with Crippen molar-refractivity contribution in [2.24, 2.45) is 0 Å². The molecule has 1 atom stereocenters. The van der Waals surface area contributed by atoms with Gasteiger partial charge in [0.25, 0.3) is 5.91 Å². The number of halogens is 2. The fourth-order valence-corrected chi connectivity index (χ4v) is 4.89. The third kappa shape index (κ3) is 5.13. The number of benzene rings is 2. The second-order valence-electron chi connectivity index (χ2n) is 7.23. The van der Waals surface area contributed by atoms with E-state index in [1.165, 1.54) is 9.78 Å². The molecule has 0 aliphatic carbocycles. The van der Waals surface area contributed by atoms with Crippen LogP contribution in [0.5, 0.6) is 0 Å². The number of nitrogens with zero attached hydrogens (tertiary/aromatic N) is 2. The van der Waals surface area contributed by atoms with Gasteiger partial charge in [0.2, 0.25) is 5.91 Å². The first-order valence-corrected chi connectivity index (χ1v) is 11.9. The first kappa shape index (κ1) is 22.7. The van der Waals surface area contributed by atoms with Gasteiger partial charge in [0.15, 0.2) is 5.11 Å². The topological polar surface area (TPSA) is 52.7 Å². The van der Waals surface area contributed by atoms with E-state index in [2.05, 4.69) is 5.32 Å². The molecule has 1 N–H and O–H groups in total. The van der Waals surface area contributed by atoms with Gasteiger partial charge in [0.1, 0.15) is 6.04 Å². The summed E-state index contributed by atoms with van der Waals surface area (Å²) >= 11 is 19.2. The molecule has 0 saturated carbocycles. The van der Waals surface area contributed by atoms with Crippen LogP contribution in [0.15, 0.2) is 66.0 Å². The van der Waals surface area contributed by atoms with Gasteiger partial charge in [0, 0.05) is 27.2 Å². The summed E-state index contributed by atoms with van der Waals surface area (Å²) in [5, 5.41) is 6.38. The third-order valence-corrected chi connectivity index (χ3v) is 6.95. The number of thiophene rings is 1. The molecule has 5 nitrogen and oxygen atoms in total. The number of nitrogens with one attached hydrogen (secondary N) is 1. The molecule has 2 amide bonds. The molecule has 3 aromatic rings. The summed E-state index contributed by atoms with van der Waals surface area (Å²) in [6.45, 7) is 0.536. The van der Waals surface area contributed by atoms with Crippen molar-refractivity contribution in [3.05, 3.63) is 81.0 Å². The number of rotatable bonds is 7. The van der Waals surface area contributed by atoms with E-state index in [4.69, 9.17) is 35.4 Å². The van der Waals surface area contributed by atoms with Crippen LogP contribution in [0.1, 0.15) is 11.3 Å². The SMILES string of the molecule is O=C(C[C@@H]1C(=O)N(c2ccc(Cl)cc2)C(=S)N1CCc1cccs1)Nc1ccc(Cl)cc1. The molecule has 1 fully saturated rings. The van der Waals surface area contributed by atoms with Gasteiger partial charge in [0.05, 0.1) is 12.1 Å². The van der Waals surface area contributed by atoms with Crippen LogP contribution in [-0.2, 0) is 16.0 Å². The monoisotopic (exact) mass is 503 g/mol. The Hall–Kier alpha value is -2.45. The van der Waals surface area contributed by atoms with E-state index in [0.717, 1.165) is 6.42 Å². The molecule has 4 rings (SSSR count). The van der Waals surface area contributed by atoms with Crippen molar-refractivity contribution in [1.29, 1.82) is 0 Å². The lowest BCUT2D eigenvalue weighted by Gasteiger charge is -2.23. The Kier molecular flexibility index (Phi) is 7.10. The van der Waals surface area contributed by atoms with E-state index in [-0.39, 0.29) is 18.2 Å². The number of anilines is 2. The van der Waals surface area contributed by atoms with E-state index < -0.39 is 6.04 Å². The molecule has 1 aromatic heterocycles. The predicted octanol–water partition coefficient (Wildman–Crippen LogP) is 5.63. The van der Waals surface area contributed by atoms with Crippen molar-refractivity contribution in [1.82, 2.24) is 4.90 Å². The summed E-state index contributed by atoms with van der Waals surface area (Å²) in [4.78, 5) is 30.7. The van der Waals surface area contributed by atoms with E-state index in [1.807, 2.05) is 22.4 Å². The van der Waals surface area contributed by atoms with Crippen LogP contribution >= 0.6 is 46.8 Å². The fourth-order valence-electron chi connectivity index (χ4n) is 3.52. The zero-order valence-corrected chi connectivity index (χ0v) is 20.0. The second-order valence-corrected chi connectivity index (χ2v) is 9.50. The maximum absolute atomic E-state index is 13.4. The first-order valence-electron chi connectivity index (χ1n) is 9.90. The van der Waals surface area contributed by atoms with Crippen LogP contribution in [0, 0.1) is 0 Å². The van der Waals surface area contributed by atoms with Gasteiger partial charge in [-0.05, 0) is 78.6 Å². The molecule has 2 heterocycles. The van der Waals surface area contributed by atoms with Crippen LogP contribution < -0.4 is 10.2 Å². The Bertz CT molecular complexity index is 1120. The first-order chi connectivity index (χ1) is 15.4. The van der Waals surface area contributed by atoms with E-state index in [1.54, 1.807) is 59.9 Å². The minimum Gasteiger partial charge on any atom is -0.336 e. The van der Waals surface area contributed by atoms with E-state index in [0.29, 0.717) is 33.1 Å². The molecule has 1 saturated heterocycles. The lowest BCUT2D eigenvalue weighted by Crippen LogP contribution is -2.39. The molecule has 1 aliphatic heterocycles. The molecular formula is C23H19Cl2N3O2S2. The number of hydrogen-bond donors (Lipinski definition) is 1. The van der Waals surface area contributed by atoms with Crippen molar-refractivity contribution in [3.8, 4) is 0 Å². The molecule has 0 bridgehead atoms. The van der Waals surface area contributed by atoms with E-state index >= 15 is 0 Å². The Morgan fingerprint density at radius 1 is 1.03 bits per heavy atom. The molecular weight excluding hydrogens is 485 g/mol. The summed E-state index contributed by atoms with van der Waals surface area (Å²) in [6.07, 6.45) is 0.713. The third-order valence-electron chi connectivity index (χ3n) is 5.09. The highest BCUT2D eigenvalue weighted by atomic mass is 35.5. The zero-order chi connectivity index (χ0) is 22.7. The molecule has 32 heavy (non-hydrogen) atoms. The molecule has 0 radical (unpaired) electrons. The van der Waals surface area contributed by atoms with Crippen LogP contribution in [0.2, 0.25) is 10.0 Å². The van der Waals surface area contributed by atoms with Crippen molar-refractivity contribution in [2.75, 3.05) is 16.8 Å². The smallest absolute Gasteiger partial charge is 0.256 e. The van der Waals surface area contributed by atoms with Gasteiger partial charge in [-0.25, -0.2) is 0 Å². The van der Waals surface area contributed by atoms with Crippen molar-refractivity contribution in [2.45, 2.75) is 18.9 Å². The summed E-state index contributed by atoms with van der Waals surface area (Å²) < 4.78 is 0.